The number of halogens is 1. The molecule has 0 heterocycles. The van der Waals surface area contributed by atoms with Crippen molar-refractivity contribution in [2.24, 2.45) is 0 Å². The second-order valence-electron chi connectivity index (χ2n) is 3.69. The summed E-state index contributed by atoms with van der Waals surface area (Å²) in [5, 5.41) is 8.60. The number of hydrogen-bond acceptors (Lipinski definition) is 2. The molecule has 0 spiro atoms. The Labute approximate surface area is 103 Å². The summed E-state index contributed by atoms with van der Waals surface area (Å²) in [6, 6.07) is 15.0. The van der Waals surface area contributed by atoms with Crippen LogP contribution in [0.2, 0.25) is 0 Å². The summed E-state index contributed by atoms with van der Waals surface area (Å²) in [6.45, 7) is 0. The summed E-state index contributed by atoms with van der Waals surface area (Å²) in [6.07, 6.45) is -2.04. The molecule has 1 unspecified atom stereocenters. The van der Waals surface area contributed by atoms with Crippen molar-refractivity contribution in [3.05, 3.63) is 60.2 Å². The van der Waals surface area contributed by atoms with E-state index < -0.39 is 12.1 Å². The molecule has 4 heteroatoms. The molecule has 0 aliphatic rings. The Bertz CT molecular complexity index is 540. The van der Waals surface area contributed by atoms with E-state index in [1.165, 1.54) is 12.1 Å². The lowest BCUT2D eigenvalue weighted by Crippen LogP contribution is -2.05. The van der Waals surface area contributed by atoms with Crippen LogP contribution in [0.3, 0.4) is 0 Å². The van der Waals surface area contributed by atoms with Crippen LogP contribution in [-0.2, 0) is 4.79 Å². The van der Waals surface area contributed by atoms with Gasteiger partial charge in [0.1, 0.15) is 11.5 Å². The van der Waals surface area contributed by atoms with E-state index in [1.54, 1.807) is 24.3 Å². The van der Waals surface area contributed by atoms with Gasteiger partial charge < -0.3 is 9.84 Å². The average Bonchev–Trinajstić information content (AvgIpc) is 2.39. The quantitative estimate of drug-likeness (QED) is 0.896. The first-order valence-electron chi connectivity index (χ1n) is 5.36. The summed E-state index contributed by atoms with van der Waals surface area (Å²) >= 11 is 0. The van der Waals surface area contributed by atoms with Crippen LogP contribution in [0.5, 0.6) is 11.5 Å². The maximum Gasteiger partial charge on any atom is 0.343 e. The van der Waals surface area contributed by atoms with Crippen molar-refractivity contribution in [1.82, 2.24) is 0 Å². The third-order valence-corrected chi connectivity index (χ3v) is 2.35. The van der Waals surface area contributed by atoms with E-state index in [1.807, 2.05) is 18.2 Å². The lowest BCUT2D eigenvalue weighted by atomic mass is 10.1. The molecule has 0 radical (unpaired) electrons. The van der Waals surface area contributed by atoms with Gasteiger partial charge in [0.15, 0.2) is 0 Å². The minimum absolute atomic E-state index is 0.0657. The van der Waals surface area contributed by atoms with E-state index in [2.05, 4.69) is 0 Å². The molecule has 0 saturated carbocycles. The van der Waals surface area contributed by atoms with E-state index >= 15 is 0 Å². The molecule has 3 nitrogen and oxygen atoms in total. The lowest BCUT2D eigenvalue weighted by molar-refractivity contribution is -0.143. The van der Waals surface area contributed by atoms with Crippen molar-refractivity contribution >= 4 is 5.97 Å². The molecule has 0 fully saturated rings. The van der Waals surface area contributed by atoms with Gasteiger partial charge in [-0.15, -0.1) is 0 Å². The van der Waals surface area contributed by atoms with Crippen molar-refractivity contribution in [2.45, 2.75) is 6.17 Å². The molecule has 1 atom stereocenters. The zero-order chi connectivity index (χ0) is 13.0. The second-order valence-corrected chi connectivity index (χ2v) is 3.69. The van der Waals surface area contributed by atoms with Gasteiger partial charge in [0, 0.05) is 5.56 Å². The molecule has 0 aromatic heterocycles. The van der Waals surface area contributed by atoms with Crippen LogP contribution in [0, 0.1) is 0 Å². The van der Waals surface area contributed by atoms with Crippen LogP contribution in [0.4, 0.5) is 4.39 Å². The molecule has 2 aromatic rings. The fraction of sp³-hybridized carbons (Fsp3) is 0.0714. The summed E-state index contributed by atoms with van der Waals surface area (Å²) < 4.78 is 18.8. The van der Waals surface area contributed by atoms with Gasteiger partial charge in [0.05, 0.1) is 0 Å². The summed E-state index contributed by atoms with van der Waals surface area (Å²) in [7, 11) is 0. The monoisotopic (exact) mass is 246 g/mol. The van der Waals surface area contributed by atoms with Crippen LogP contribution in [-0.4, -0.2) is 11.1 Å². The smallest absolute Gasteiger partial charge is 0.343 e. The van der Waals surface area contributed by atoms with E-state index in [4.69, 9.17) is 9.84 Å². The maximum atomic E-state index is 13.3. The van der Waals surface area contributed by atoms with Gasteiger partial charge in [-0.25, -0.2) is 9.18 Å². The number of ether oxygens (including phenoxy) is 1. The predicted octanol–water partition coefficient (Wildman–Crippen LogP) is 3.57. The van der Waals surface area contributed by atoms with Crippen molar-refractivity contribution < 1.29 is 19.0 Å². The van der Waals surface area contributed by atoms with Crippen molar-refractivity contribution in [3.8, 4) is 11.5 Å². The largest absolute Gasteiger partial charge is 0.479 e. The van der Waals surface area contributed by atoms with E-state index in [-0.39, 0.29) is 5.56 Å². The summed E-state index contributed by atoms with van der Waals surface area (Å²) in [5.74, 6) is -0.491. The zero-order valence-electron chi connectivity index (χ0n) is 9.42. The Hall–Kier alpha value is -2.36. The number of hydrogen-bond donors (Lipinski definition) is 1. The summed E-state index contributed by atoms with van der Waals surface area (Å²) in [4.78, 5) is 10.6. The molecular formula is C14H11FO3. The van der Waals surface area contributed by atoms with Crippen LogP contribution >= 0.6 is 0 Å². The maximum absolute atomic E-state index is 13.3. The standard InChI is InChI=1S/C14H11FO3/c15-13(14(16)17)10-5-4-8-12(9-10)18-11-6-2-1-3-7-11/h1-9,13H,(H,16,17). The van der Waals surface area contributed by atoms with Gasteiger partial charge in [0.25, 0.3) is 0 Å². The minimum Gasteiger partial charge on any atom is -0.479 e. The minimum atomic E-state index is -2.04. The van der Waals surface area contributed by atoms with Crippen molar-refractivity contribution in [3.63, 3.8) is 0 Å². The average molecular weight is 246 g/mol. The van der Waals surface area contributed by atoms with Crippen LogP contribution in [0.1, 0.15) is 11.7 Å². The number of para-hydroxylation sites is 1. The van der Waals surface area contributed by atoms with Gasteiger partial charge in [-0.3, -0.25) is 0 Å². The number of benzene rings is 2. The zero-order valence-corrected chi connectivity index (χ0v) is 9.42. The fourth-order valence-corrected chi connectivity index (χ4v) is 1.50. The van der Waals surface area contributed by atoms with E-state index in [0.717, 1.165) is 0 Å². The third kappa shape index (κ3) is 2.85. The SMILES string of the molecule is O=C(O)C(F)c1cccc(Oc2ccccc2)c1. The van der Waals surface area contributed by atoms with Crippen molar-refractivity contribution in [2.75, 3.05) is 0 Å². The highest BCUT2D eigenvalue weighted by molar-refractivity contribution is 5.74. The number of carboxylic acid groups (broad SMARTS) is 1. The highest BCUT2D eigenvalue weighted by atomic mass is 19.1. The topological polar surface area (TPSA) is 46.5 Å². The summed E-state index contributed by atoms with van der Waals surface area (Å²) in [5.41, 5.74) is 0.0657. The molecule has 0 saturated heterocycles. The van der Waals surface area contributed by atoms with Crippen LogP contribution in [0.15, 0.2) is 54.6 Å². The molecule has 0 aliphatic carbocycles. The first-order chi connectivity index (χ1) is 8.66. The van der Waals surface area contributed by atoms with Gasteiger partial charge in [-0.05, 0) is 24.3 Å². The first kappa shape index (κ1) is 12.1. The Morgan fingerprint density at radius 3 is 2.39 bits per heavy atom. The number of rotatable bonds is 4. The van der Waals surface area contributed by atoms with Gasteiger partial charge in [0.2, 0.25) is 6.17 Å². The number of aliphatic carboxylic acids is 1. The Morgan fingerprint density at radius 2 is 1.72 bits per heavy atom. The first-order valence-corrected chi connectivity index (χ1v) is 5.36. The van der Waals surface area contributed by atoms with Gasteiger partial charge >= 0.3 is 5.97 Å². The van der Waals surface area contributed by atoms with Gasteiger partial charge in [-0.2, -0.15) is 0 Å². The van der Waals surface area contributed by atoms with Crippen molar-refractivity contribution in [1.29, 1.82) is 0 Å². The molecule has 0 amide bonds. The number of alkyl halides is 1. The normalized spacial score (nSPS) is 11.8. The molecule has 0 bridgehead atoms. The second kappa shape index (κ2) is 5.31. The molecule has 18 heavy (non-hydrogen) atoms. The highest BCUT2D eigenvalue weighted by Gasteiger charge is 2.18. The Balaban J connectivity index is 2.20. The lowest BCUT2D eigenvalue weighted by Gasteiger charge is -2.08. The molecule has 2 rings (SSSR count). The van der Waals surface area contributed by atoms with Crippen LogP contribution < -0.4 is 4.74 Å². The van der Waals surface area contributed by atoms with E-state index in [0.29, 0.717) is 11.5 Å². The molecule has 1 N–H and O–H groups in total. The Kier molecular flexibility index (Phi) is 3.57. The predicted molar refractivity (Wildman–Crippen MR) is 64.4 cm³/mol. The molecule has 2 aromatic carbocycles. The third-order valence-electron chi connectivity index (χ3n) is 2.35. The number of carbonyl (C=O) groups is 1. The van der Waals surface area contributed by atoms with Crippen LogP contribution in [0.25, 0.3) is 0 Å². The molecule has 92 valence electrons. The van der Waals surface area contributed by atoms with Gasteiger partial charge in [-0.1, -0.05) is 30.3 Å². The molecular weight excluding hydrogens is 235 g/mol. The molecule has 0 aliphatic heterocycles. The number of carboxylic acids is 1. The van der Waals surface area contributed by atoms with E-state index in [9.17, 15) is 9.18 Å². The Morgan fingerprint density at radius 1 is 1.06 bits per heavy atom. The fourth-order valence-electron chi connectivity index (χ4n) is 1.50. The highest BCUT2D eigenvalue weighted by Crippen LogP contribution is 2.26.